The van der Waals surface area contributed by atoms with Crippen molar-refractivity contribution in [2.24, 2.45) is 0 Å². The highest BCUT2D eigenvalue weighted by atomic mass is 35.5. The van der Waals surface area contributed by atoms with E-state index >= 15 is 0 Å². The minimum atomic E-state index is -0.217. The van der Waals surface area contributed by atoms with E-state index in [9.17, 15) is 4.79 Å². The maximum absolute atomic E-state index is 13.3. The monoisotopic (exact) mass is 396 g/mol. The van der Waals surface area contributed by atoms with Gasteiger partial charge in [0, 0.05) is 12.1 Å². The molecule has 2 aromatic carbocycles. The van der Waals surface area contributed by atoms with Crippen molar-refractivity contribution in [1.29, 1.82) is 0 Å². The van der Waals surface area contributed by atoms with Gasteiger partial charge in [0.15, 0.2) is 0 Å². The Labute approximate surface area is 168 Å². The Morgan fingerprint density at radius 3 is 2.68 bits per heavy atom. The quantitative estimate of drug-likeness (QED) is 0.665. The molecule has 144 valence electrons. The van der Waals surface area contributed by atoms with Crippen molar-refractivity contribution in [3.63, 3.8) is 0 Å². The molecule has 0 radical (unpaired) electrons. The van der Waals surface area contributed by atoms with Crippen molar-refractivity contribution in [3.8, 4) is 11.4 Å². The summed E-state index contributed by atoms with van der Waals surface area (Å²) in [5.41, 5.74) is 2.62. The maximum atomic E-state index is 13.3. The van der Waals surface area contributed by atoms with Crippen molar-refractivity contribution in [2.75, 3.05) is 18.6 Å². The van der Waals surface area contributed by atoms with Gasteiger partial charge in [-0.2, -0.15) is 0 Å². The van der Waals surface area contributed by atoms with E-state index in [1.807, 2.05) is 43.3 Å². The van der Waals surface area contributed by atoms with E-state index in [-0.39, 0.29) is 11.7 Å². The molecule has 6 nitrogen and oxygen atoms in total. The van der Waals surface area contributed by atoms with Gasteiger partial charge in [0.1, 0.15) is 11.6 Å². The Morgan fingerprint density at radius 2 is 1.89 bits per heavy atom. The molecule has 0 aliphatic carbocycles. The molecule has 0 N–H and O–H groups in total. The second kappa shape index (κ2) is 7.64. The van der Waals surface area contributed by atoms with Gasteiger partial charge in [-0.05, 0) is 50.5 Å². The van der Waals surface area contributed by atoms with Crippen LogP contribution in [0.2, 0.25) is 5.02 Å². The van der Waals surface area contributed by atoms with E-state index in [1.54, 1.807) is 22.8 Å². The van der Waals surface area contributed by atoms with Crippen LogP contribution >= 0.6 is 11.6 Å². The highest BCUT2D eigenvalue weighted by Crippen LogP contribution is 2.34. The lowest BCUT2D eigenvalue weighted by Crippen LogP contribution is -2.32. The number of aromatic nitrogens is 3. The third-order valence-corrected chi connectivity index (χ3v) is 5.28. The van der Waals surface area contributed by atoms with Crippen LogP contribution in [0, 0.1) is 6.92 Å². The van der Waals surface area contributed by atoms with Crippen molar-refractivity contribution < 1.29 is 9.53 Å². The number of benzene rings is 2. The minimum absolute atomic E-state index is 0.160. The lowest BCUT2D eigenvalue weighted by atomic mass is 10.1. The molecule has 0 fully saturated rings. The van der Waals surface area contributed by atoms with Crippen LogP contribution < -0.4 is 9.64 Å². The van der Waals surface area contributed by atoms with Crippen LogP contribution in [0.5, 0.6) is 5.75 Å². The smallest absolute Gasteiger partial charge is 0.297 e. The largest absolute Gasteiger partial charge is 0.496 e. The molecule has 2 heterocycles. The first-order valence-electron chi connectivity index (χ1n) is 9.26. The summed E-state index contributed by atoms with van der Waals surface area (Å²) in [5.74, 6) is 1.36. The summed E-state index contributed by atoms with van der Waals surface area (Å²) in [7, 11) is 1.66. The molecule has 0 unspecified atom stereocenters. The minimum Gasteiger partial charge on any atom is -0.496 e. The van der Waals surface area contributed by atoms with Gasteiger partial charge in [-0.25, -0.2) is 9.67 Å². The Hall–Kier alpha value is -2.86. The number of carbonyl (C=O) groups is 1. The molecule has 3 aromatic rings. The molecule has 0 bridgehead atoms. The Balaban J connectivity index is 1.73. The summed E-state index contributed by atoms with van der Waals surface area (Å²) in [6.45, 7) is 2.44. The number of amides is 1. The first-order chi connectivity index (χ1) is 13.6. The summed E-state index contributed by atoms with van der Waals surface area (Å²) in [6.07, 6.45) is 2.79. The molecule has 1 amide bonds. The van der Waals surface area contributed by atoms with E-state index in [1.165, 1.54) is 0 Å². The molecule has 1 aliphatic heterocycles. The topological polar surface area (TPSA) is 60.2 Å². The molecule has 7 heteroatoms. The zero-order valence-corrected chi connectivity index (χ0v) is 16.6. The highest BCUT2D eigenvalue weighted by molar-refractivity contribution is 6.32. The summed E-state index contributed by atoms with van der Waals surface area (Å²) < 4.78 is 7.12. The Bertz CT molecular complexity index is 1030. The van der Waals surface area contributed by atoms with Gasteiger partial charge < -0.3 is 9.64 Å². The molecule has 1 aromatic heterocycles. The molecular formula is C21H21ClN4O2. The van der Waals surface area contributed by atoms with Crippen LogP contribution in [-0.2, 0) is 6.42 Å². The van der Waals surface area contributed by atoms with Crippen LogP contribution in [0.1, 0.15) is 34.8 Å². The first kappa shape index (κ1) is 18.5. The number of methoxy groups -OCH3 is 1. The highest BCUT2D eigenvalue weighted by Gasteiger charge is 2.27. The van der Waals surface area contributed by atoms with Crippen molar-refractivity contribution in [3.05, 3.63) is 64.7 Å². The number of ether oxygens (including phenoxy) is 1. The van der Waals surface area contributed by atoms with Crippen LogP contribution in [0.3, 0.4) is 0 Å². The van der Waals surface area contributed by atoms with Crippen molar-refractivity contribution in [2.45, 2.75) is 26.2 Å². The van der Waals surface area contributed by atoms with Gasteiger partial charge in [-0.3, -0.25) is 4.79 Å². The van der Waals surface area contributed by atoms with Crippen LogP contribution in [0.15, 0.2) is 42.5 Å². The second-order valence-electron chi connectivity index (χ2n) is 6.72. The zero-order valence-electron chi connectivity index (χ0n) is 15.9. The van der Waals surface area contributed by atoms with Gasteiger partial charge in [0.05, 0.1) is 23.5 Å². The fourth-order valence-corrected chi connectivity index (χ4v) is 3.82. The fourth-order valence-electron chi connectivity index (χ4n) is 3.61. The number of aryl methyl sites for hydroxylation is 1. The third kappa shape index (κ3) is 3.24. The second-order valence-corrected chi connectivity index (χ2v) is 7.12. The zero-order chi connectivity index (χ0) is 19.7. The van der Waals surface area contributed by atoms with E-state index in [4.69, 9.17) is 16.3 Å². The SMILES string of the molecule is COc1cccc2c1CCCCN2C(=O)c1nc(C)n(-c2ccccc2Cl)n1. The van der Waals surface area contributed by atoms with Crippen molar-refractivity contribution >= 4 is 23.2 Å². The number of hydrogen-bond donors (Lipinski definition) is 0. The summed E-state index contributed by atoms with van der Waals surface area (Å²) in [4.78, 5) is 19.5. The molecule has 0 saturated heterocycles. The first-order valence-corrected chi connectivity index (χ1v) is 9.64. The van der Waals surface area contributed by atoms with Gasteiger partial charge >= 0.3 is 0 Å². The Morgan fingerprint density at radius 1 is 1.11 bits per heavy atom. The standard InChI is InChI=1S/C21H21ClN4O2/c1-14-23-20(24-26(14)18-10-4-3-9-16(18)22)21(27)25-13-6-5-8-15-17(25)11-7-12-19(15)28-2/h3-4,7,9-12H,5-6,8,13H2,1-2H3. The maximum Gasteiger partial charge on any atom is 0.297 e. The number of fused-ring (bicyclic) bond motifs is 1. The van der Waals surface area contributed by atoms with Crippen molar-refractivity contribution in [1.82, 2.24) is 14.8 Å². The van der Waals surface area contributed by atoms with Gasteiger partial charge in [0.25, 0.3) is 5.91 Å². The molecular weight excluding hydrogens is 376 g/mol. The van der Waals surface area contributed by atoms with E-state index in [0.29, 0.717) is 23.1 Å². The van der Waals surface area contributed by atoms with Gasteiger partial charge in [-0.15, -0.1) is 5.10 Å². The predicted octanol–water partition coefficient (Wildman–Crippen LogP) is 4.22. The molecule has 0 spiro atoms. The number of anilines is 1. The Kier molecular flexibility index (Phi) is 5.05. The van der Waals surface area contributed by atoms with Crippen LogP contribution in [-0.4, -0.2) is 34.3 Å². The third-order valence-electron chi connectivity index (χ3n) is 4.96. The molecule has 1 aliphatic rings. The van der Waals surface area contributed by atoms with E-state index in [0.717, 1.165) is 36.3 Å². The number of nitrogens with zero attached hydrogens (tertiary/aromatic N) is 4. The van der Waals surface area contributed by atoms with Gasteiger partial charge in [-0.1, -0.05) is 29.8 Å². The summed E-state index contributed by atoms with van der Waals surface area (Å²) in [5, 5.41) is 5.02. The van der Waals surface area contributed by atoms with Gasteiger partial charge in [0.2, 0.25) is 5.82 Å². The van der Waals surface area contributed by atoms with Crippen LogP contribution in [0.4, 0.5) is 5.69 Å². The molecule has 0 atom stereocenters. The fraction of sp³-hybridized carbons (Fsp3) is 0.286. The predicted molar refractivity (Wildman–Crippen MR) is 109 cm³/mol. The molecule has 0 saturated carbocycles. The number of para-hydroxylation sites is 1. The lowest BCUT2D eigenvalue weighted by molar-refractivity contribution is 0.0977. The van der Waals surface area contributed by atoms with Crippen LogP contribution in [0.25, 0.3) is 5.69 Å². The summed E-state index contributed by atoms with van der Waals surface area (Å²) in [6, 6.07) is 13.2. The number of carbonyl (C=O) groups excluding carboxylic acids is 1. The number of rotatable bonds is 3. The molecule has 28 heavy (non-hydrogen) atoms. The van der Waals surface area contributed by atoms with E-state index in [2.05, 4.69) is 10.1 Å². The lowest BCUT2D eigenvalue weighted by Gasteiger charge is -2.22. The molecule has 4 rings (SSSR count). The number of hydrogen-bond acceptors (Lipinski definition) is 4. The van der Waals surface area contributed by atoms with E-state index < -0.39 is 0 Å². The normalized spacial score (nSPS) is 13.8. The average Bonchev–Trinajstić information content (AvgIpc) is 2.95. The average molecular weight is 397 g/mol. The summed E-state index contributed by atoms with van der Waals surface area (Å²) >= 11 is 6.29. The number of halogens is 1.